The molecule has 2 bridgehead atoms. The molecule has 0 aromatic carbocycles. The lowest BCUT2D eigenvalue weighted by molar-refractivity contribution is -0.173. The van der Waals surface area contributed by atoms with Crippen LogP contribution in [0.4, 0.5) is 0 Å². The molecule has 0 spiro atoms. The second-order valence-electron chi connectivity index (χ2n) is 7.45. The van der Waals surface area contributed by atoms with E-state index in [0.29, 0.717) is 16.9 Å². The van der Waals surface area contributed by atoms with E-state index in [-0.39, 0.29) is 17.6 Å². The van der Waals surface area contributed by atoms with E-state index in [4.69, 9.17) is 21.1 Å². The van der Waals surface area contributed by atoms with E-state index < -0.39 is 0 Å². The molecular weight excluding hydrogens is 260 g/mol. The molecule has 110 valence electrons. The predicted octanol–water partition coefficient (Wildman–Crippen LogP) is 4.00. The van der Waals surface area contributed by atoms with E-state index in [1.54, 1.807) is 0 Å². The van der Waals surface area contributed by atoms with Crippen LogP contribution in [0.15, 0.2) is 0 Å². The average molecular weight is 287 g/mol. The number of rotatable bonds is 4. The fourth-order valence-electron chi connectivity index (χ4n) is 4.61. The van der Waals surface area contributed by atoms with Gasteiger partial charge in [0.05, 0.1) is 17.6 Å². The first-order valence-electron chi connectivity index (χ1n) is 7.81. The van der Waals surface area contributed by atoms with Gasteiger partial charge in [0.25, 0.3) is 0 Å². The van der Waals surface area contributed by atoms with Crippen LogP contribution in [0, 0.1) is 16.7 Å². The molecule has 0 N–H and O–H groups in total. The number of ether oxygens (including phenoxy) is 2. The summed E-state index contributed by atoms with van der Waals surface area (Å²) in [7, 11) is 0. The molecule has 0 aromatic heterocycles. The second-order valence-corrected chi connectivity index (χ2v) is 8.01. The van der Waals surface area contributed by atoms with Gasteiger partial charge >= 0.3 is 0 Å². The highest BCUT2D eigenvalue weighted by Gasteiger charge is 2.63. The molecule has 0 radical (unpaired) electrons. The van der Waals surface area contributed by atoms with Crippen molar-refractivity contribution < 1.29 is 9.47 Å². The Morgan fingerprint density at radius 2 is 1.95 bits per heavy atom. The highest BCUT2D eigenvalue weighted by Crippen LogP contribution is 2.66. The van der Waals surface area contributed by atoms with Gasteiger partial charge in [0.1, 0.15) is 6.10 Å². The lowest BCUT2D eigenvalue weighted by Gasteiger charge is -2.46. The molecule has 0 aliphatic heterocycles. The van der Waals surface area contributed by atoms with Crippen molar-refractivity contribution in [1.29, 1.82) is 0 Å². The number of fused-ring (bicyclic) bond motifs is 2. The standard InChI is InChI=1S/C16H27ClO2/c1-5-18-14-11(17)9-12(14)19-13-8-10-6-7-16(13,4)15(10,2)3/h10-14H,5-9H2,1-4H3. The Morgan fingerprint density at radius 1 is 1.21 bits per heavy atom. The molecular formula is C16H27ClO2. The van der Waals surface area contributed by atoms with Crippen molar-refractivity contribution in [2.24, 2.45) is 16.7 Å². The lowest BCUT2D eigenvalue weighted by atomic mass is 9.70. The Balaban J connectivity index is 1.66. The lowest BCUT2D eigenvalue weighted by Crippen LogP contribution is -2.54. The van der Waals surface area contributed by atoms with Gasteiger partial charge in [-0.2, -0.15) is 0 Å². The third-order valence-electron chi connectivity index (χ3n) is 6.59. The van der Waals surface area contributed by atoms with Crippen LogP contribution in [0.1, 0.15) is 53.4 Å². The van der Waals surface area contributed by atoms with Crippen LogP contribution in [0.2, 0.25) is 0 Å². The van der Waals surface area contributed by atoms with Crippen molar-refractivity contribution in [1.82, 2.24) is 0 Å². The van der Waals surface area contributed by atoms with E-state index in [9.17, 15) is 0 Å². The summed E-state index contributed by atoms with van der Waals surface area (Å²) in [4.78, 5) is 0. The Labute approximate surface area is 122 Å². The molecule has 3 heteroatoms. The van der Waals surface area contributed by atoms with Crippen LogP contribution in [-0.2, 0) is 9.47 Å². The zero-order valence-corrected chi connectivity index (χ0v) is 13.4. The zero-order chi connectivity index (χ0) is 13.8. The molecule has 0 aromatic rings. The molecule has 6 atom stereocenters. The summed E-state index contributed by atoms with van der Waals surface area (Å²) in [6.45, 7) is 10.0. The highest BCUT2D eigenvalue weighted by molar-refractivity contribution is 6.21. The van der Waals surface area contributed by atoms with E-state index in [2.05, 4.69) is 20.8 Å². The third-order valence-corrected chi connectivity index (χ3v) is 7.02. The molecule has 3 fully saturated rings. The van der Waals surface area contributed by atoms with Crippen LogP contribution in [0.25, 0.3) is 0 Å². The monoisotopic (exact) mass is 286 g/mol. The number of halogens is 1. The molecule has 3 aliphatic carbocycles. The molecule has 6 unspecified atom stereocenters. The van der Waals surface area contributed by atoms with Crippen molar-refractivity contribution in [3.63, 3.8) is 0 Å². The van der Waals surface area contributed by atoms with Crippen molar-refractivity contribution in [2.75, 3.05) is 6.61 Å². The molecule has 19 heavy (non-hydrogen) atoms. The van der Waals surface area contributed by atoms with Gasteiger partial charge in [0.15, 0.2) is 0 Å². The van der Waals surface area contributed by atoms with Gasteiger partial charge in [-0.15, -0.1) is 11.6 Å². The van der Waals surface area contributed by atoms with Crippen LogP contribution in [-0.4, -0.2) is 30.3 Å². The van der Waals surface area contributed by atoms with E-state index in [0.717, 1.165) is 18.9 Å². The van der Waals surface area contributed by atoms with E-state index in [1.165, 1.54) is 19.3 Å². The van der Waals surface area contributed by atoms with Crippen molar-refractivity contribution >= 4 is 11.6 Å². The first-order valence-corrected chi connectivity index (χ1v) is 8.25. The fraction of sp³-hybridized carbons (Fsp3) is 1.00. The Bertz CT molecular complexity index is 357. The first-order chi connectivity index (χ1) is 8.90. The topological polar surface area (TPSA) is 18.5 Å². The van der Waals surface area contributed by atoms with Gasteiger partial charge in [-0.05, 0) is 49.4 Å². The van der Waals surface area contributed by atoms with Gasteiger partial charge in [0.2, 0.25) is 0 Å². The first kappa shape index (κ1) is 14.2. The molecule has 3 saturated carbocycles. The van der Waals surface area contributed by atoms with Gasteiger partial charge < -0.3 is 9.47 Å². The quantitative estimate of drug-likeness (QED) is 0.727. The summed E-state index contributed by atoms with van der Waals surface area (Å²) in [5.74, 6) is 0.833. The molecule has 0 amide bonds. The fourth-order valence-corrected chi connectivity index (χ4v) is 5.02. The van der Waals surface area contributed by atoms with Crippen molar-refractivity contribution in [3.8, 4) is 0 Å². The third kappa shape index (κ3) is 1.90. The molecule has 0 heterocycles. The van der Waals surface area contributed by atoms with Crippen LogP contribution < -0.4 is 0 Å². The minimum Gasteiger partial charge on any atom is -0.374 e. The predicted molar refractivity (Wildman–Crippen MR) is 77.6 cm³/mol. The summed E-state index contributed by atoms with van der Waals surface area (Å²) in [6.07, 6.45) is 5.60. The Kier molecular flexibility index (Phi) is 3.43. The maximum Gasteiger partial charge on any atom is 0.100 e. The SMILES string of the molecule is CCOC1C(Cl)CC1OC1CC2CCC1(C)C2(C)C. The van der Waals surface area contributed by atoms with Gasteiger partial charge in [-0.3, -0.25) is 0 Å². The number of alkyl halides is 1. The Hall–Kier alpha value is 0.210. The molecule has 3 aliphatic rings. The smallest absolute Gasteiger partial charge is 0.100 e. The largest absolute Gasteiger partial charge is 0.374 e. The van der Waals surface area contributed by atoms with Gasteiger partial charge in [-0.25, -0.2) is 0 Å². The maximum absolute atomic E-state index is 6.45. The minimum atomic E-state index is 0.109. The van der Waals surface area contributed by atoms with Crippen LogP contribution in [0.3, 0.4) is 0 Å². The van der Waals surface area contributed by atoms with Crippen LogP contribution in [0.5, 0.6) is 0 Å². The Morgan fingerprint density at radius 3 is 2.42 bits per heavy atom. The summed E-state index contributed by atoms with van der Waals surface area (Å²) in [5, 5.41) is 0.143. The molecule has 0 saturated heterocycles. The molecule has 3 rings (SSSR count). The molecule has 2 nitrogen and oxygen atoms in total. The summed E-state index contributed by atoms with van der Waals surface area (Å²) in [6, 6.07) is 0. The normalized spacial score (nSPS) is 51.3. The van der Waals surface area contributed by atoms with Crippen molar-refractivity contribution in [2.45, 2.75) is 77.1 Å². The van der Waals surface area contributed by atoms with Crippen LogP contribution >= 0.6 is 11.6 Å². The second kappa shape index (κ2) is 4.61. The van der Waals surface area contributed by atoms with E-state index >= 15 is 0 Å². The zero-order valence-electron chi connectivity index (χ0n) is 12.6. The van der Waals surface area contributed by atoms with E-state index in [1.807, 2.05) is 6.92 Å². The van der Waals surface area contributed by atoms with Crippen molar-refractivity contribution in [3.05, 3.63) is 0 Å². The average Bonchev–Trinajstić information content (AvgIpc) is 2.68. The number of hydrogen-bond acceptors (Lipinski definition) is 2. The summed E-state index contributed by atoms with van der Waals surface area (Å²) in [5.41, 5.74) is 0.759. The number of hydrogen-bond donors (Lipinski definition) is 0. The minimum absolute atomic E-state index is 0.109. The summed E-state index contributed by atoms with van der Waals surface area (Å²) >= 11 is 6.24. The van der Waals surface area contributed by atoms with Gasteiger partial charge in [-0.1, -0.05) is 20.8 Å². The van der Waals surface area contributed by atoms with Gasteiger partial charge in [0, 0.05) is 6.61 Å². The summed E-state index contributed by atoms with van der Waals surface area (Å²) < 4.78 is 12.2. The maximum atomic E-state index is 6.45. The highest BCUT2D eigenvalue weighted by atomic mass is 35.5.